The summed E-state index contributed by atoms with van der Waals surface area (Å²) in [6, 6.07) is 25.7. The van der Waals surface area contributed by atoms with Crippen molar-refractivity contribution in [2.45, 2.75) is 27.3 Å². The van der Waals surface area contributed by atoms with Crippen LogP contribution >= 0.6 is 0 Å². The van der Waals surface area contributed by atoms with Crippen LogP contribution in [-0.2, 0) is 20.9 Å². The SMILES string of the molecule is CCOCCn1c2ccc(C(=O)c3ccc4ccccc4c3)cc2c2cc(/C(C)=N/OC(C)=O)ccc21. The molecule has 1 aromatic heterocycles. The van der Waals surface area contributed by atoms with Gasteiger partial charge in [0.1, 0.15) is 0 Å². The lowest BCUT2D eigenvalue weighted by Gasteiger charge is -2.08. The minimum absolute atomic E-state index is 0.0216. The van der Waals surface area contributed by atoms with Crippen molar-refractivity contribution in [2.24, 2.45) is 5.16 Å². The predicted molar refractivity (Wildman–Crippen MR) is 147 cm³/mol. The van der Waals surface area contributed by atoms with Gasteiger partial charge in [-0.25, -0.2) is 4.79 Å². The van der Waals surface area contributed by atoms with E-state index in [4.69, 9.17) is 9.57 Å². The van der Waals surface area contributed by atoms with E-state index in [9.17, 15) is 9.59 Å². The standard InChI is InChI=1S/C31H28N2O4/c1-4-36-16-15-33-29-13-11-23(20(2)32-37-21(3)34)18-27(29)28-19-26(12-14-30(28)33)31(35)25-10-9-22-7-5-6-8-24(22)17-25/h5-14,17-19H,4,15-16H2,1-3H3/b32-20+. The van der Waals surface area contributed by atoms with Crippen LogP contribution < -0.4 is 0 Å². The monoisotopic (exact) mass is 492 g/mol. The van der Waals surface area contributed by atoms with E-state index in [0.29, 0.717) is 36.6 Å². The van der Waals surface area contributed by atoms with E-state index in [2.05, 4.69) is 9.72 Å². The van der Waals surface area contributed by atoms with Gasteiger partial charge in [-0.3, -0.25) is 4.79 Å². The largest absolute Gasteiger partial charge is 0.380 e. The number of ether oxygens (including phenoxy) is 1. The summed E-state index contributed by atoms with van der Waals surface area (Å²) < 4.78 is 7.85. The smallest absolute Gasteiger partial charge is 0.331 e. The summed E-state index contributed by atoms with van der Waals surface area (Å²) in [5.74, 6) is -0.489. The van der Waals surface area contributed by atoms with E-state index in [-0.39, 0.29) is 5.78 Å². The highest BCUT2D eigenvalue weighted by molar-refractivity contribution is 6.16. The topological polar surface area (TPSA) is 69.9 Å². The lowest BCUT2D eigenvalue weighted by molar-refractivity contribution is -0.140. The zero-order chi connectivity index (χ0) is 25.9. The summed E-state index contributed by atoms with van der Waals surface area (Å²) in [5.41, 5.74) is 4.77. The zero-order valence-corrected chi connectivity index (χ0v) is 21.2. The van der Waals surface area contributed by atoms with Gasteiger partial charge in [0.2, 0.25) is 0 Å². The average Bonchev–Trinajstić information content (AvgIpc) is 3.23. The first-order valence-electron chi connectivity index (χ1n) is 12.4. The van der Waals surface area contributed by atoms with Crippen molar-refractivity contribution in [3.05, 3.63) is 95.6 Å². The fourth-order valence-electron chi connectivity index (χ4n) is 4.69. The molecule has 5 rings (SSSR count). The Kier molecular flexibility index (Phi) is 6.84. The van der Waals surface area contributed by atoms with Crippen LogP contribution in [0.2, 0.25) is 0 Å². The number of benzene rings is 4. The molecule has 0 spiro atoms. The number of ketones is 1. The van der Waals surface area contributed by atoms with Gasteiger partial charge in [-0.05, 0) is 66.6 Å². The quantitative estimate of drug-likeness (QED) is 0.0815. The van der Waals surface area contributed by atoms with Crippen LogP contribution in [0.15, 0.2) is 84.0 Å². The Balaban J connectivity index is 1.62. The molecule has 37 heavy (non-hydrogen) atoms. The van der Waals surface area contributed by atoms with Crippen LogP contribution in [0.25, 0.3) is 32.6 Å². The summed E-state index contributed by atoms with van der Waals surface area (Å²) in [4.78, 5) is 29.6. The zero-order valence-electron chi connectivity index (χ0n) is 21.2. The van der Waals surface area contributed by atoms with Crippen LogP contribution in [0.4, 0.5) is 0 Å². The third-order valence-electron chi connectivity index (χ3n) is 6.53. The van der Waals surface area contributed by atoms with Gasteiger partial charge in [0, 0.05) is 53.0 Å². The maximum atomic E-state index is 13.5. The molecular weight excluding hydrogens is 464 g/mol. The van der Waals surface area contributed by atoms with Crippen LogP contribution in [0.3, 0.4) is 0 Å². The molecule has 4 aromatic carbocycles. The minimum atomic E-state index is -0.468. The molecule has 186 valence electrons. The Morgan fingerprint density at radius 2 is 1.41 bits per heavy atom. The van der Waals surface area contributed by atoms with Crippen molar-refractivity contribution in [1.82, 2.24) is 4.57 Å². The summed E-state index contributed by atoms with van der Waals surface area (Å²) in [5, 5.41) is 8.05. The van der Waals surface area contributed by atoms with E-state index in [0.717, 1.165) is 38.1 Å². The van der Waals surface area contributed by atoms with E-state index >= 15 is 0 Å². The second-order valence-electron chi connectivity index (χ2n) is 8.96. The number of carbonyl (C=O) groups excluding carboxylic acids is 2. The van der Waals surface area contributed by atoms with E-state index in [1.54, 1.807) is 6.92 Å². The molecule has 0 fully saturated rings. The van der Waals surface area contributed by atoms with Crippen LogP contribution in [0, 0.1) is 0 Å². The van der Waals surface area contributed by atoms with E-state index in [1.165, 1.54) is 6.92 Å². The molecule has 0 atom stereocenters. The molecule has 0 bridgehead atoms. The highest BCUT2D eigenvalue weighted by Gasteiger charge is 2.16. The van der Waals surface area contributed by atoms with Crippen molar-refractivity contribution in [3.8, 4) is 0 Å². The Bertz CT molecular complexity index is 1680. The number of aromatic nitrogens is 1. The molecular formula is C31H28N2O4. The van der Waals surface area contributed by atoms with Crippen molar-refractivity contribution in [2.75, 3.05) is 13.2 Å². The number of nitrogens with zero attached hydrogens (tertiary/aromatic N) is 2. The molecule has 5 aromatic rings. The molecule has 0 saturated carbocycles. The third kappa shape index (κ3) is 4.88. The van der Waals surface area contributed by atoms with Gasteiger partial charge < -0.3 is 14.1 Å². The van der Waals surface area contributed by atoms with Gasteiger partial charge in [0.05, 0.1) is 12.3 Å². The summed E-state index contributed by atoms with van der Waals surface area (Å²) in [6.07, 6.45) is 0. The van der Waals surface area contributed by atoms with Gasteiger partial charge >= 0.3 is 5.97 Å². The first-order valence-corrected chi connectivity index (χ1v) is 12.4. The van der Waals surface area contributed by atoms with Gasteiger partial charge in [-0.1, -0.05) is 47.6 Å². The average molecular weight is 493 g/mol. The fourth-order valence-corrected chi connectivity index (χ4v) is 4.69. The second kappa shape index (κ2) is 10.4. The van der Waals surface area contributed by atoms with Crippen LogP contribution in [0.5, 0.6) is 0 Å². The van der Waals surface area contributed by atoms with Gasteiger partial charge in [0.25, 0.3) is 0 Å². The summed E-state index contributed by atoms with van der Waals surface area (Å²) in [7, 11) is 0. The molecule has 0 radical (unpaired) electrons. The number of fused-ring (bicyclic) bond motifs is 4. The molecule has 6 heteroatoms. The number of hydrogen-bond acceptors (Lipinski definition) is 5. The van der Waals surface area contributed by atoms with Gasteiger partial charge in [-0.2, -0.15) is 0 Å². The first-order chi connectivity index (χ1) is 18.0. The highest BCUT2D eigenvalue weighted by atomic mass is 16.7. The lowest BCUT2D eigenvalue weighted by Crippen LogP contribution is -2.06. The van der Waals surface area contributed by atoms with Gasteiger partial charge in [-0.15, -0.1) is 0 Å². The Labute approximate surface area is 215 Å². The molecule has 0 saturated heterocycles. The van der Waals surface area contributed by atoms with E-state index < -0.39 is 5.97 Å². The van der Waals surface area contributed by atoms with Crippen molar-refractivity contribution in [3.63, 3.8) is 0 Å². The summed E-state index contributed by atoms with van der Waals surface area (Å²) in [6.45, 7) is 7.02. The highest BCUT2D eigenvalue weighted by Crippen LogP contribution is 2.32. The van der Waals surface area contributed by atoms with Crippen molar-refractivity contribution >= 4 is 50.0 Å². The maximum absolute atomic E-state index is 13.5. The Hall–Kier alpha value is -4.29. The molecule has 0 aliphatic rings. The van der Waals surface area contributed by atoms with Crippen molar-refractivity contribution < 1.29 is 19.2 Å². The van der Waals surface area contributed by atoms with E-state index in [1.807, 2.05) is 85.8 Å². The minimum Gasteiger partial charge on any atom is -0.380 e. The maximum Gasteiger partial charge on any atom is 0.331 e. The number of oxime groups is 1. The number of carbonyl (C=O) groups is 2. The summed E-state index contributed by atoms with van der Waals surface area (Å²) >= 11 is 0. The first kappa shape index (κ1) is 24.4. The molecule has 0 unspecified atom stereocenters. The van der Waals surface area contributed by atoms with Crippen molar-refractivity contribution in [1.29, 1.82) is 0 Å². The number of rotatable bonds is 8. The van der Waals surface area contributed by atoms with Crippen LogP contribution in [0.1, 0.15) is 42.3 Å². The predicted octanol–water partition coefficient (Wildman–Crippen LogP) is 6.50. The molecule has 0 N–H and O–H groups in total. The lowest BCUT2D eigenvalue weighted by atomic mass is 9.98. The second-order valence-corrected chi connectivity index (χ2v) is 8.96. The molecule has 0 amide bonds. The fraction of sp³-hybridized carbons (Fsp3) is 0.194. The Morgan fingerprint density at radius 1 is 0.784 bits per heavy atom. The normalized spacial score (nSPS) is 11.9. The third-order valence-corrected chi connectivity index (χ3v) is 6.53. The number of hydrogen-bond donors (Lipinski definition) is 0. The Morgan fingerprint density at radius 3 is 2.11 bits per heavy atom. The molecule has 1 heterocycles. The molecule has 6 nitrogen and oxygen atoms in total. The molecule has 0 aliphatic carbocycles. The molecule has 0 aliphatic heterocycles. The van der Waals surface area contributed by atoms with Gasteiger partial charge in [0.15, 0.2) is 5.78 Å². The van der Waals surface area contributed by atoms with Crippen LogP contribution in [-0.4, -0.2) is 35.2 Å².